The number of aromatic nitrogens is 2. The first kappa shape index (κ1) is 20.7. The van der Waals surface area contributed by atoms with Crippen LogP contribution >= 0.6 is 0 Å². The average molecular weight is 440 g/mol. The van der Waals surface area contributed by atoms with E-state index in [2.05, 4.69) is 9.97 Å². The number of halogens is 3. The van der Waals surface area contributed by atoms with Gasteiger partial charge in [0.2, 0.25) is 0 Å². The van der Waals surface area contributed by atoms with Gasteiger partial charge in [0.1, 0.15) is 5.82 Å². The second-order valence-electron chi connectivity index (χ2n) is 8.87. The van der Waals surface area contributed by atoms with Gasteiger partial charge in [-0.15, -0.1) is 0 Å². The van der Waals surface area contributed by atoms with Crippen LogP contribution < -0.4 is 5.73 Å². The van der Waals surface area contributed by atoms with Crippen molar-refractivity contribution in [1.29, 1.82) is 0 Å². The van der Waals surface area contributed by atoms with Crippen molar-refractivity contribution in [3.63, 3.8) is 0 Å². The van der Waals surface area contributed by atoms with Crippen LogP contribution in [0.25, 0.3) is 10.9 Å². The molecule has 2 aliphatic rings. The molecule has 0 spiro atoms. The summed E-state index contributed by atoms with van der Waals surface area (Å²) in [6.07, 6.45) is -0.302. The number of amides is 1. The van der Waals surface area contributed by atoms with E-state index in [1.54, 1.807) is 23.1 Å². The van der Waals surface area contributed by atoms with Crippen LogP contribution in [0, 0.1) is 18.8 Å². The molecule has 2 aliphatic carbocycles. The largest absolute Gasteiger partial charge is 0.417 e. The van der Waals surface area contributed by atoms with Gasteiger partial charge in [-0.3, -0.25) is 9.78 Å². The predicted molar refractivity (Wildman–Crippen MR) is 115 cm³/mol. The molecule has 2 saturated carbocycles. The van der Waals surface area contributed by atoms with Gasteiger partial charge < -0.3 is 10.6 Å². The lowest BCUT2D eigenvalue weighted by molar-refractivity contribution is -0.137. The van der Waals surface area contributed by atoms with Crippen molar-refractivity contribution in [3.8, 4) is 0 Å². The maximum Gasteiger partial charge on any atom is 0.417 e. The normalized spacial score (nSPS) is 20.4. The van der Waals surface area contributed by atoms with Crippen LogP contribution in [0.1, 0.15) is 46.4 Å². The Labute approximate surface area is 183 Å². The molecule has 166 valence electrons. The first-order valence-electron chi connectivity index (χ1n) is 10.7. The topological polar surface area (TPSA) is 72.1 Å². The van der Waals surface area contributed by atoms with Crippen LogP contribution in [0.5, 0.6) is 0 Å². The fourth-order valence-electron chi connectivity index (χ4n) is 4.39. The molecule has 5 nitrogen and oxygen atoms in total. The number of hydrogen-bond acceptors (Lipinski definition) is 4. The maximum absolute atomic E-state index is 13.5. The number of nitrogen functional groups attached to an aromatic ring is 1. The minimum Gasteiger partial charge on any atom is -0.383 e. The Hall–Kier alpha value is -3.16. The number of alkyl halides is 3. The van der Waals surface area contributed by atoms with Crippen LogP contribution in [-0.2, 0) is 12.7 Å². The number of carbonyl (C=O) groups is 1. The molecule has 2 fully saturated rings. The zero-order valence-electron chi connectivity index (χ0n) is 17.6. The molecule has 3 aromatic rings. The van der Waals surface area contributed by atoms with E-state index in [1.807, 2.05) is 13.0 Å². The Morgan fingerprint density at radius 2 is 1.97 bits per heavy atom. The first-order valence-corrected chi connectivity index (χ1v) is 10.7. The number of anilines is 1. The molecule has 2 N–H and O–H groups in total. The van der Waals surface area contributed by atoms with E-state index in [-0.39, 0.29) is 18.5 Å². The summed E-state index contributed by atoms with van der Waals surface area (Å²) in [5.74, 6) is 1.44. The lowest BCUT2D eigenvalue weighted by atomic mass is 10.1. The molecule has 0 bridgehead atoms. The molecule has 1 amide bonds. The molecule has 0 radical (unpaired) electrons. The third-order valence-corrected chi connectivity index (χ3v) is 6.47. The number of rotatable bonds is 5. The highest BCUT2D eigenvalue weighted by Gasteiger charge is 2.51. The van der Waals surface area contributed by atoms with Gasteiger partial charge in [0.25, 0.3) is 5.91 Å². The highest BCUT2D eigenvalue weighted by Crippen LogP contribution is 2.52. The number of carbonyl (C=O) groups excluding carboxylic acids is 1. The van der Waals surface area contributed by atoms with Crippen molar-refractivity contribution in [1.82, 2.24) is 14.9 Å². The molecule has 2 atom stereocenters. The smallest absolute Gasteiger partial charge is 0.383 e. The molecule has 32 heavy (non-hydrogen) atoms. The summed E-state index contributed by atoms with van der Waals surface area (Å²) in [7, 11) is 0. The molecule has 2 unspecified atom stereocenters. The van der Waals surface area contributed by atoms with Gasteiger partial charge in [0, 0.05) is 23.2 Å². The Kier molecular flexibility index (Phi) is 4.83. The highest BCUT2D eigenvalue weighted by molar-refractivity contribution is 5.98. The number of hydrogen-bond donors (Lipinski definition) is 1. The van der Waals surface area contributed by atoms with Crippen molar-refractivity contribution in [3.05, 3.63) is 65.0 Å². The monoisotopic (exact) mass is 440 g/mol. The molecular formula is C24H23F3N4O. The molecule has 5 rings (SSSR count). The predicted octanol–water partition coefficient (Wildman–Crippen LogP) is 4.98. The first-order chi connectivity index (χ1) is 15.2. The van der Waals surface area contributed by atoms with Gasteiger partial charge in [-0.2, -0.15) is 13.2 Å². The maximum atomic E-state index is 13.5. The van der Waals surface area contributed by atoms with E-state index >= 15 is 0 Å². The molecule has 2 aromatic heterocycles. The molecule has 0 aliphatic heterocycles. The molecule has 0 saturated heterocycles. The fourth-order valence-corrected chi connectivity index (χ4v) is 4.39. The minimum atomic E-state index is -4.44. The number of nitrogens with zero attached hydrogens (tertiary/aromatic N) is 3. The molecule has 2 heterocycles. The van der Waals surface area contributed by atoms with Crippen LogP contribution in [0.4, 0.5) is 19.0 Å². The van der Waals surface area contributed by atoms with Crippen LogP contribution in [0.15, 0.2) is 42.6 Å². The van der Waals surface area contributed by atoms with Gasteiger partial charge in [0.15, 0.2) is 0 Å². The lowest BCUT2D eigenvalue weighted by Gasteiger charge is -2.23. The molecule has 1 aromatic carbocycles. The van der Waals surface area contributed by atoms with Crippen molar-refractivity contribution in [2.24, 2.45) is 11.8 Å². The van der Waals surface area contributed by atoms with Crippen LogP contribution in [0.2, 0.25) is 0 Å². The number of nitrogens with two attached hydrogens (primary N) is 1. The van der Waals surface area contributed by atoms with Gasteiger partial charge in [-0.05, 0) is 80.0 Å². The van der Waals surface area contributed by atoms with Crippen molar-refractivity contribution >= 4 is 22.6 Å². The summed E-state index contributed by atoms with van der Waals surface area (Å²) in [5.41, 5.74) is 7.61. The van der Waals surface area contributed by atoms with Crippen LogP contribution in [0.3, 0.4) is 0 Å². The quantitative estimate of drug-likeness (QED) is 0.607. The summed E-state index contributed by atoms with van der Waals surface area (Å²) in [6, 6.07) is 9.69. The Morgan fingerprint density at radius 3 is 2.62 bits per heavy atom. The zero-order valence-corrected chi connectivity index (χ0v) is 17.6. The summed E-state index contributed by atoms with van der Waals surface area (Å²) in [6.45, 7) is 2.05. The SMILES string of the molecule is Cc1cc2cc(C(=O)N(Cc3ccc(C(F)(F)F)cn3)C3CC3C3CC3)ccc2nc1N. The van der Waals surface area contributed by atoms with Crippen molar-refractivity contribution in [2.45, 2.75) is 44.9 Å². The minimum absolute atomic E-state index is 0.0982. The van der Waals surface area contributed by atoms with Gasteiger partial charge in [0.05, 0.1) is 23.3 Å². The Morgan fingerprint density at radius 1 is 1.19 bits per heavy atom. The average Bonchev–Trinajstić information content (AvgIpc) is 3.65. The summed E-state index contributed by atoms with van der Waals surface area (Å²) < 4.78 is 38.6. The molecule has 8 heteroatoms. The fraction of sp³-hybridized carbons (Fsp3) is 0.375. The number of fused-ring (bicyclic) bond motifs is 1. The van der Waals surface area contributed by atoms with E-state index in [9.17, 15) is 18.0 Å². The van der Waals surface area contributed by atoms with Gasteiger partial charge >= 0.3 is 6.18 Å². The summed E-state index contributed by atoms with van der Waals surface area (Å²) >= 11 is 0. The van der Waals surface area contributed by atoms with Gasteiger partial charge in [-0.1, -0.05) is 0 Å². The van der Waals surface area contributed by atoms with E-state index < -0.39 is 11.7 Å². The third-order valence-electron chi connectivity index (χ3n) is 6.47. The second kappa shape index (κ2) is 7.46. The highest BCUT2D eigenvalue weighted by atomic mass is 19.4. The number of pyridine rings is 2. The molecular weight excluding hydrogens is 417 g/mol. The zero-order chi connectivity index (χ0) is 22.6. The Balaban J connectivity index is 1.43. The van der Waals surface area contributed by atoms with E-state index in [0.717, 1.165) is 29.6 Å². The van der Waals surface area contributed by atoms with E-state index in [0.29, 0.717) is 34.4 Å². The lowest BCUT2D eigenvalue weighted by Crippen LogP contribution is -2.34. The summed E-state index contributed by atoms with van der Waals surface area (Å²) in [4.78, 5) is 23.6. The number of benzene rings is 1. The van der Waals surface area contributed by atoms with Crippen molar-refractivity contribution < 1.29 is 18.0 Å². The standard InChI is InChI=1S/C24H23F3N4O/c1-13-8-16-9-15(4-7-20(16)30-22(13)28)23(32)31(21-10-19(21)14-2-3-14)12-18-6-5-17(11-29-18)24(25,26)27/h4-9,11,14,19,21H,2-3,10,12H2,1H3,(H2,28,30). The van der Waals surface area contributed by atoms with Crippen LogP contribution in [-0.4, -0.2) is 26.8 Å². The van der Waals surface area contributed by atoms with Crippen molar-refractivity contribution in [2.75, 3.05) is 5.73 Å². The Bertz CT molecular complexity index is 1190. The van der Waals surface area contributed by atoms with E-state index in [4.69, 9.17) is 5.73 Å². The number of aryl methyl sites for hydroxylation is 1. The summed E-state index contributed by atoms with van der Waals surface area (Å²) in [5, 5.41) is 0.824. The van der Waals surface area contributed by atoms with E-state index in [1.165, 1.54) is 18.9 Å². The third kappa shape index (κ3) is 4.01. The van der Waals surface area contributed by atoms with Gasteiger partial charge in [-0.25, -0.2) is 4.98 Å². The second-order valence-corrected chi connectivity index (χ2v) is 8.87.